The number of H-pyrrole nitrogens is 1. The number of benzene rings is 1. The van der Waals surface area contributed by atoms with Gasteiger partial charge >= 0.3 is 0 Å². The van der Waals surface area contributed by atoms with E-state index in [0.717, 1.165) is 18.2 Å². The molecule has 1 atom stereocenters. The van der Waals surface area contributed by atoms with Gasteiger partial charge < -0.3 is 9.88 Å². The third-order valence-corrected chi connectivity index (χ3v) is 4.58. The smallest absolute Gasteiger partial charge is 0.270 e. The Morgan fingerprint density at radius 2 is 2.17 bits per heavy atom. The highest BCUT2D eigenvalue weighted by molar-refractivity contribution is 5.96. The maximum absolute atomic E-state index is 12.9. The number of nitrogens with zero attached hydrogens (tertiary/aromatic N) is 3. The molecule has 1 aromatic carbocycles. The molecule has 1 fully saturated rings. The van der Waals surface area contributed by atoms with Crippen molar-refractivity contribution in [3.8, 4) is 0 Å². The summed E-state index contributed by atoms with van der Waals surface area (Å²) in [4.78, 5) is 29.7. The summed E-state index contributed by atoms with van der Waals surface area (Å²) in [6, 6.07) is 11.1. The number of fused-ring (bicyclic) bond motifs is 1. The fraction of sp³-hybridized carbons (Fsp3) is 0.278. The second-order valence-corrected chi connectivity index (χ2v) is 6.12. The van der Waals surface area contributed by atoms with Gasteiger partial charge in [0.15, 0.2) is 0 Å². The average molecular weight is 322 g/mol. The van der Waals surface area contributed by atoms with Crippen LogP contribution in [0.4, 0.5) is 0 Å². The molecule has 0 radical (unpaired) electrons. The molecule has 6 nitrogen and oxygen atoms in total. The van der Waals surface area contributed by atoms with Crippen LogP contribution in [0.2, 0.25) is 0 Å². The lowest BCUT2D eigenvalue weighted by atomic mass is 10.1. The zero-order chi connectivity index (χ0) is 16.5. The minimum atomic E-state index is -0.223. The molecule has 6 heteroatoms. The number of amides is 1. The van der Waals surface area contributed by atoms with Gasteiger partial charge in [-0.1, -0.05) is 18.2 Å². The number of aromatic amines is 1. The van der Waals surface area contributed by atoms with E-state index in [1.54, 1.807) is 18.3 Å². The first-order valence-corrected chi connectivity index (χ1v) is 8.13. The second kappa shape index (κ2) is 5.96. The van der Waals surface area contributed by atoms with Crippen LogP contribution in [-0.2, 0) is 6.54 Å². The summed E-state index contributed by atoms with van der Waals surface area (Å²) in [6.45, 7) is 1.39. The largest absolute Gasteiger partial charge is 0.333 e. The first-order valence-electron chi connectivity index (χ1n) is 8.13. The highest BCUT2D eigenvalue weighted by Gasteiger charge is 2.30. The Kier molecular flexibility index (Phi) is 3.65. The van der Waals surface area contributed by atoms with Gasteiger partial charge in [-0.15, -0.1) is 0 Å². The van der Waals surface area contributed by atoms with E-state index in [4.69, 9.17) is 0 Å². The minimum absolute atomic E-state index is 0.104. The van der Waals surface area contributed by atoms with E-state index >= 15 is 0 Å². The van der Waals surface area contributed by atoms with Gasteiger partial charge in [0.05, 0.1) is 12.6 Å². The molecule has 1 aliphatic heterocycles. The standard InChI is InChI=1S/C18H18N4O2/c23-17-15-7-2-1-5-13(15)11-16(20-17)18(24)22-10-3-6-14(22)12-21-9-4-8-19-21/h1-2,4-5,7-9,11,14H,3,6,10,12H2,(H,20,23)/t14-/m1/s1. The molecule has 2 aromatic heterocycles. The van der Waals surface area contributed by atoms with Gasteiger partial charge in [0.1, 0.15) is 5.69 Å². The number of carbonyl (C=O) groups is 1. The molecule has 3 heterocycles. The summed E-state index contributed by atoms with van der Waals surface area (Å²) in [5.41, 5.74) is 0.130. The predicted octanol–water partition coefficient (Wildman–Crippen LogP) is 2.03. The SMILES string of the molecule is O=C(c1cc2ccccc2c(=O)[nH]1)N1CCC[C@@H]1Cn1cccn1. The van der Waals surface area contributed by atoms with Crippen molar-refractivity contribution in [2.24, 2.45) is 0 Å². The van der Waals surface area contributed by atoms with E-state index in [1.165, 1.54) is 0 Å². The van der Waals surface area contributed by atoms with E-state index in [2.05, 4.69) is 10.1 Å². The summed E-state index contributed by atoms with van der Waals surface area (Å²) in [7, 11) is 0. The maximum atomic E-state index is 12.9. The lowest BCUT2D eigenvalue weighted by Crippen LogP contribution is -2.39. The lowest BCUT2D eigenvalue weighted by Gasteiger charge is -2.24. The molecular formula is C18H18N4O2. The van der Waals surface area contributed by atoms with E-state index < -0.39 is 0 Å². The fourth-order valence-corrected chi connectivity index (χ4v) is 3.40. The van der Waals surface area contributed by atoms with Crippen molar-refractivity contribution in [2.45, 2.75) is 25.4 Å². The Labute approximate surface area is 138 Å². The van der Waals surface area contributed by atoms with Crippen molar-refractivity contribution in [2.75, 3.05) is 6.54 Å². The van der Waals surface area contributed by atoms with Crippen molar-refractivity contribution in [1.82, 2.24) is 19.7 Å². The fourth-order valence-electron chi connectivity index (χ4n) is 3.40. The van der Waals surface area contributed by atoms with Crippen LogP contribution < -0.4 is 5.56 Å². The number of likely N-dealkylation sites (tertiary alicyclic amines) is 1. The monoisotopic (exact) mass is 322 g/mol. The summed E-state index contributed by atoms with van der Waals surface area (Å²) in [6.07, 6.45) is 5.56. The van der Waals surface area contributed by atoms with E-state index in [0.29, 0.717) is 24.2 Å². The molecule has 0 saturated carbocycles. The Bertz CT molecular complexity index is 930. The molecule has 0 spiro atoms. The molecule has 122 valence electrons. The molecule has 24 heavy (non-hydrogen) atoms. The van der Waals surface area contributed by atoms with Gasteiger partial charge in [-0.2, -0.15) is 5.10 Å². The Hall–Kier alpha value is -2.89. The van der Waals surface area contributed by atoms with Gasteiger partial charge in [-0.3, -0.25) is 14.3 Å². The third kappa shape index (κ3) is 2.60. The Balaban J connectivity index is 1.64. The summed E-state index contributed by atoms with van der Waals surface area (Å²) in [5, 5.41) is 5.61. The summed E-state index contributed by atoms with van der Waals surface area (Å²) in [5.74, 6) is -0.118. The predicted molar refractivity (Wildman–Crippen MR) is 90.9 cm³/mol. The summed E-state index contributed by atoms with van der Waals surface area (Å²) >= 11 is 0. The van der Waals surface area contributed by atoms with Gasteiger partial charge in [0.25, 0.3) is 11.5 Å². The number of hydrogen-bond donors (Lipinski definition) is 1. The first-order chi connectivity index (χ1) is 11.7. The normalized spacial score (nSPS) is 17.5. The topological polar surface area (TPSA) is 71.0 Å². The molecule has 1 saturated heterocycles. The van der Waals surface area contributed by atoms with Gasteiger partial charge in [0, 0.05) is 24.3 Å². The first kappa shape index (κ1) is 14.7. The van der Waals surface area contributed by atoms with Crippen LogP contribution in [0.25, 0.3) is 10.8 Å². The summed E-state index contributed by atoms with van der Waals surface area (Å²) < 4.78 is 1.85. The number of carbonyl (C=O) groups excluding carboxylic acids is 1. The van der Waals surface area contributed by atoms with Gasteiger partial charge in [-0.05, 0) is 36.4 Å². The Morgan fingerprint density at radius 3 is 3.00 bits per heavy atom. The van der Waals surface area contributed by atoms with Crippen molar-refractivity contribution < 1.29 is 4.79 Å². The molecule has 4 rings (SSSR count). The van der Waals surface area contributed by atoms with Gasteiger partial charge in [0.2, 0.25) is 0 Å². The molecule has 1 amide bonds. The third-order valence-electron chi connectivity index (χ3n) is 4.58. The highest BCUT2D eigenvalue weighted by Crippen LogP contribution is 2.21. The van der Waals surface area contributed by atoms with Crippen LogP contribution in [-0.4, -0.2) is 38.2 Å². The highest BCUT2D eigenvalue weighted by atomic mass is 16.2. The second-order valence-electron chi connectivity index (χ2n) is 6.12. The zero-order valence-corrected chi connectivity index (χ0v) is 13.2. The van der Waals surface area contributed by atoms with E-state index in [1.807, 2.05) is 40.0 Å². The average Bonchev–Trinajstić information content (AvgIpc) is 3.26. The molecule has 0 unspecified atom stereocenters. The maximum Gasteiger partial charge on any atom is 0.270 e. The van der Waals surface area contributed by atoms with Crippen LogP contribution in [0.3, 0.4) is 0 Å². The van der Waals surface area contributed by atoms with Crippen LogP contribution >= 0.6 is 0 Å². The van der Waals surface area contributed by atoms with Gasteiger partial charge in [-0.25, -0.2) is 0 Å². The van der Waals surface area contributed by atoms with E-state index in [-0.39, 0.29) is 17.5 Å². The Morgan fingerprint density at radius 1 is 1.29 bits per heavy atom. The number of pyridine rings is 1. The molecule has 0 aliphatic carbocycles. The van der Waals surface area contributed by atoms with Crippen molar-refractivity contribution in [1.29, 1.82) is 0 Å². The number of aromatic nitrogens is 3. The molecule has 0 bridgehead atoms. The molecular weight excluding hydrogens is 304 g/mol. The van der Waals surface area contributed by atoms with Crippen LogP contribution in [0.1, 0.15) is 23.3 Å². The van der Waals surface area contributed by atoms with Crippen molar-refractivity contribution in [3.05, 3.63) is 64.8 Å². The number of hydrogen-bond acceptors (Lipinski definition) is 3. The molecule has 3 aromatic rings. The van der Waals surface area contributed by atoms with Crippen molar-refractivity contribution in [3.63, 3.8) is 0 Å². The van der Waals surface area contributed by atoms with Crippen LogP contribution in [0.15, 0.2) is 53.6 Å². The zero-order valence-electron chi connectivity index (χ0n) is 13.2. The van der Waals surface area contributed by atoms with E-state index in [9.17, 15) is 9.59 Å². The molecule has 1 N–H and O–H groups in total. The number of nitrogens with one attached hydrogen (secondary N) is 1. The minimum Gasteiger partial charge on any atom is -0.333 e. The molecule has 1 aliphatic rings. The lowest BCUT2D eigenvalue weighted by molar-refractivity contribution is 0.0715. The number of rotatable bonds is 3. The van der Waals surface area contributed by atoms with Crippen molar-refractivity contribution >= 4 is 16.7 Å². The van der Waals surface area contributed by atoms with Crippen LogP contribution in [0, 0.1) is 0 Å². The van der Waals surface area contributed by atoms with Crippen LogP contribution in [0.5, 0.6) is 0 Å². The quantitative estimate of drug-likeness (QED) is 0.802.